The number of rotatable bonds is 5. The van der Waals surface area contributed by atoms with Gasteiger partial charge in [-0.25, -0.2) is 4.68 Å². The number of thiophene rings is 1. The van der Waals surface area contributed by atoms with Crippen molar-refractivity contribution in [1.82, 2.24) is 9.78 Å². The second-order valence-electron chi connectivity index (χ2n) is 6.02. The lowest BCUT2D eigenvalue weighted by molar-refractivity contribution is 0.100. The van der Waals surface area contributed by atoms with Crippen molar-refractivity contribution in [3.8, 4) is 16.9 Å². The second-order valence-corrected chi connectivity index (χ2v) is 6.94. The van der Waals surface area contributed by atoms with E-state index in [1.54, 1.807) is 22.3 Å². The van der Waals surface area contributed by atoms with E-state index in [1.807, 2.05) is 60.7 Å². The highest BCUT2D eigenvalue weighted by molar-refractivity contribution is 7.14. The molecule has 0 spiro atoms. The minimum Gasteiger partial charge on any atom is -0.366 e. The molecule has 0 saturated carbocycles. The summed E-state index contributed by atoms with van der Waals surface area (Å²) in [6.45, 7) is 0. The number of primary amides is 1. The molecule has 2 aromatic carbocycles. The zero-order valence-corrected chi connectivity index (χ0v) is 15.5. The highest BCUT2D eigenvalue weighted by atomic mass is 32.1. The topological polar surface area (TPSA) is 90.0 Å². The first-order chi connectivity index (χ1) is 13.6. The van der Waals surface area contributed by atoms with Gasteiger partial charge >= 0.3 is 0 Å². The van der Waals surface area contributed by atoms with Gasteiger partial charge < -0.3 is 11.1 Å². The predicted molar refractivity (Wildman–Crippen MR) is 110 cm³/mol. The molecule has 0 aliphatic carbocycles. The Kier molecular flexibility index (Phi) is 4.74. The van der Waals surface area contributed by atoms with E-state index in [0.29, 0.717) is 16.3 Å². The van der Waals surface area contributed by atoms with Crippen LogP contribution in [-0.2, 0) is 0 Å². The SMILES string of the molecule is NC(=O)c1ccsc1NC(=O)c1cn(-c2ccccc2)nc1-c1ccccc1. The second kappa shape index (κ2) is 7.50. The normalized spacial score (nSPS) is 10.6. The first kappa shape index (κ1) is 17.7. The molecule has 4 aromatic rings. The van der Waals surface area contributed by atoms with E-state index >= 15 is 0 Å². The van der Waals surface area contributed by atoms with E-state index in [2.05, 4.69) is 10.4 Å². The maximum atomic E-state index is 13.0. The molecule has 0 atom stereocenters. The number of hydrogen-bond donors (Lipinski definition) is 2. The molecule has 2 aromatic heterocycles. The van der Waals surface area contributed by atoms with Gasteiger partial charge in [0.15, 0.2) is 0 Å². The third kappa shape index (κ3) is 3.43. The van der Waals surface area contributed by atoms with Gasteiger partial charge in [0.1, 0.15) is 10.7 Å². The predicted octanol–water partition coefficient (Wildman–Crippen LogP) is 3.95. The van der Waals surface area contributed by atoms with E-state index < -0.39 is 5.91 Å². The van der Waals surface area contributed by atoms with Crippen LogP contribution in [0.25, 0.3) is 16.9 Å². The van der Waals surface area contributed by atoms with E-state index in [0.717, 1.165) is 11.3 Å². The van der Waals surface area contributed by atoms with Gasteiger partial charge in [-0.3, -0.25) is 9.59 Å². The quantitative estimate of drug-likeness (QED) is 0.542. The van der Waals surface area contributed by atoms with Crippen LogP contribution >= 0.6 is 11.3 Å². The van der Waals surface area contributed by atoms with Gasteiger partial charge in [-0.05, 0) is 23.6 Å². The molecule has 0 aliphatic rings. The number of hydrogen-bond acceptors (Lipinski definition) is 4. The monoisotopic (exact) mass is 388 g/mol. The zero-order valence-electron chi connectivity index (χ0n) is 14.7. The van der Waals surface area contributed by atoms with Gasteiger partial charge in [-0.2, -0.15) is 5.10 Å². The summed E-state index contributed by atoms with van der Waals surface area (Å²) in [6.07, 6.45) is 1.69. The van der Waals surface area contributed by atoms with Crippen LogP contribution in [0.15, 0.2) is 78.3 Å². The molecule has 4 rings (SSSR count). The lowest BCUT2D eigenvalue weighted by Crippen LogP contribution is -2.16. The van der Waals surface area contributed by atoms with Crippen LogP contribution in [0, 0.1) is 0 Å². The molecule has 2 amide bonds. The van der Waals surface area contributed by atoms with Gasteiger partial charge in [0.05, 0.1) is 16.8 Å². The molecule has 0 unspecified atom stereocenters. The van der Waals surface area contributed by atoms with Gasteiger partial charge in [-0.1, -0.05) is 48.5 Å². The summed E-state index contributed by atoms with van der Waals surface area (Å²) >= 11 is 1.25. The van der Waals surface area contributed by atoms with Crippen molar-refractivity contribution in [1.29, 1.82) is 0 Å². The van der Waals surface area contributed by atoms with Crippen LogP contribution < -0.4 is 11.1 Å². The molecule has 28 heavy (non-hydrogen) atoms. The average molecular weight is 388 g/mol. The van der Waals surface area contributed by atoms with Crippen LogP contribution in [-0.4, -0.2) is 21.6 Å². The van der Waals surface area contributed by atoms with E-state index in [-0.39, 0.29) is 11.5 Å². The molecule has 2 heterocycles. The Labute approximate surface area is 165 Å². The summed E-state index contributed by atoms with van der Waals surface area (Å²) in [7, 11) is 0. The van der Waals surface area contributed by atoms with Crippen molar-refractivity contribution >= 4 is 28.2 Å². The number of anilines is 1. The number of nitrogens with one attached hydrogen (secondary N) is 1. The molecule has 0 aliphatic heterocycles. The van der Waals surface area contributed by atoms with Crippen molar-refractivity contribution in [3.63, 3.8) is 0 Å². The van der Waals surface area contributed by atoms with E-state index in [4.69, 9.17) is 5.73 Å². The molecule has 0 bridgehead atoms. The number of nitrogens with two attached hydrogens (primary N) is 1. The Morgan fingerprint density at radius 3 is 2.29 bits per heavy atom. The smallest absolute Gasteiger partial charge is 0.260 e. The van der Waals surface area contributed by atoms with Crippen molar-refractivity contribution in [2.24, 2.45) is 5.73 Å². The third-order valence-electron chi connectivity index (χ3n) is 4.18. The summed E-state index contributed by atoms with van der Waals surface area (Å²) in [5, 5.41) is 9.54. The van der Waals surface area contributed by atoms with Gasteiger partial charge in [0, 0.05) is 11.8 Å². The van der Waals surface area contributed by atoms with Gasteiger partial charge in [0.2, 0.25) is 0 Å². The Hall–Kier alpha value is -3.71. The van der Waals surface area contributed by atoms with Crippen molar-refractivity contribution < 1.29 is 9.59 Å². The molecule has 0 saturated heterocycles. The first-order valence-electron chi connectivity index (χ1n) is 8.52. The summed E-state index contributed by atoms with van der Waals surface area (Å²) in [4.78, 5) is 24.6. The standard InChI is InChI=1S/C21H16N4O2S/c22-19(26)16-11-12-28-21(16)23-20(27)17-13-25(15-9-5-2-6-10-15)24-18(17)14-7-3-1-4-8-14/h1-13H,(H2,22,26)(H,23,27). The number of nitrogens with zero attached hydrogens (tertiary/aromatic N) is 2. The maximum absolute atomic E-state index is 13.0. The molecule has 6 nitrogen and oxygen atoms in total. The maximum Gasteiger partial charge on any atom is 0.260 e. The van der Waals surface area contributed by atoms with E-state index in [9.17, 15) is 9.59 Å². The Bertz CT molecular complexity index is 1130. The van der Waals surface area contributed by atoms with Crippen LogP contribution in [0.1, 0.15) is 20.7 Å². The van der Waals surface area contributed by atoms with Crippen molar-refractivity contribution in [3.05, 3.63) is 89.4 Å². The largest absolute Gasteiger partial charge is 0.366 e. The fourth-order valence-corrected chi connectivity index (χ4v) is 3.62. The third-order valence-corrected chi connectivity index (χ3v) is 5.01. The Morgan fingerprint density at radius 2 is 1.61 bits per heavy atom. The van der Waals surface area contributed by atoms with Crippen LogP contribution in [0.5, 0.6) is 0 Å². The van der Waals surface area contributed by atoms with E-state index in [1.165, 1.54) is 11.3 Å². The fraction of sp³-hybridized carbons (Fsp3) is 0. The summed E-state index contributed by atoms with van der Waals surface area (Å²) in [6, 6.07) is 20.6. The number of benzene rings is 2. The lowest BCUT2D eigenvalue weighted by atomic mass is 10.1. The van der Waals surface area contributed by atoms with Crippen LogP contribution in [0.3, 0.4) is 0 Å². The van der Waals surface area contributed by atoms with Gasteiger partial charge in [0.25, 0.3) is 11.8 Å². The summed E-state index contributed by atoms with van der Waals surface area (Å²) in [5.41, 5.74) is 8.28. The van der Waals surface area contributed by atoms with Crippen LogP contribution in [0.2, 0.25) is 0 Å². The number of amides is 2. The summed E-state index contributed by atoms with van der Waals surface area (Å²) in [5.74, 6) is -0.939. The highest BCUT2D eigenvalue weighted by Gasteiger charge is 2.21. The average Bonchev–Trinajstić information content (AvgIpc) is 3.36. The molecule has 0 fully saturated rings. The Morgan fingerprint density at radius 1 is 0.929 bits per heavy atom. The van der Waals surface area contributed by atoms with Crippen molar-refractivity contribution in [2.45, 2.75) is 0 Å². The number of aromatic nitrogens is 2. The molecular weight excluding hydrogens is 372 g/mol. The Balaban J connectivity index is 1.76. The number of para-hydroxylation sites is 1. The van der Waals surface area contributed by atoms with Crippen molar-refractivity contribution in [2.75, 3.05) is 5.32 Å². The zero-order chi connectivity index (χ0) is 19.5. The summed E-state index contributed by atoms with van der Waals surface area (Å²) < 4.78 is 1.67. The molecule has 0 radical (unpaired) electrons. The first-order valence-corrected chi connectivity index (χ1v) is 9.40. The number of carbonyl (C=O) groups excluding carboxylic acids is 2. The molecule has 138 valence electrons. The van der Waals surface area contributed by atoms with Gasteiger partial charge in [-0.15, -0.1) is 11.3 Å². The molecule has 3 N–H and O–H groups in total. The minimum atomic E-state index is -0.584. The highest BCUT2D eigenvalue weighted by Crippen LogP contribution is 2.27. The van der Waals surface area contributed by atoms with Crippen LogP contribution in [0.4, 0.5) is 5.00 Å². The fourth-order valence-electron chi connectivity index (χ4n) is 2.83. The molecular formula is C21H16N4O2S. The number of carbonyl (C=O) groups is 2. The lowest BCUT2D eigenvalue weighted by Gasteiger charge is -2.05. The molecule has 7 heteroatoms. The minimum absolute atomic E-state index is 0.287.